The minimum absolute atomic E-state index is 0.0298. The number of aromatic hydroxyl groups is 1. The molecule has 174 valence electrons. The summed E-state index contributed by atoms with van der Waals surface area (Å²) in [5.41, 5.74) is 3.00. The summed E-state index contributed by atoms with van der Waals surface area (Å²) in [5.74, 6) is -1.10. The van der Waals surface area contributed by atoms with Gasteiger partial charge in [0.15, 0.2) is 5.78 Å². The maximum atomic E-state index is 12.5. The predicted octanol–water partition coefficient (Wildman–Crippen LogP) is 3.19. The Labute approximate surface area is 191 Å². The normalized spacial score (nSPS) is 12.4. The second kappa shape index (κ2) is 9.87. The number of carbonyl (C=O) groups excluding carboxylic acids is 2. The number of hydroxylamine groups is 1. The first-order chi connectivity index (χ1) is 15.6. The van der Waals surface area contributed by atoms with Crippen molar-refractivity contribution in [3.8, 4) is 5.88 Å². The summed E-state index contributed by atoms with van der Waals surface area (Å²) in [6.07, 6.45) is 1.16. The van der Waals surface area contributed by atoms with Gasteiger partial charge in [-0.05, 0) is 29.4 Å². The average molecular weight is 452 g/mol. The van der Waals surface area contributed by atoms with E-state index in [1.54, 1.807) is 38.4 Å². The van der Waals surface area contributed by atoms with Crippen LogP contribution in [0.1, 0.15) is 54.0 Å². The zero-order valence-electron chi connectivity index (χ0n) is 19.0. The molecule has 2 aromatic carbocycles. The van der Waals surface area contributed by atoms with Crippen molar-refractivity contribution in [1.29, 1.82) is 0 Å². The summed E-state index contributed by atoms with van der Waals surface area (Å²) in [7, 11) is 0. The summed E-state index contributed by atoms with van der Waals surface area (Å²) in [6, 6.07) is 15.7. The summed E-state index contributed by atoms with van der Waals surface area (Å²) in [5, 5.41) is 19.7. The molecule has 0 saturated carbocycles. The molecule has 0 aliphatic heterocycles. The molecule has 1 aromatic heterocycles. The van der Waals surface area contributed by atoms with E-state index in [-0.39, 0.29) is 11.7 Å². The lowest BCUT2D eigenvalue weighted by Gasteiger charge is -2.29. The van der Waals surface area contributed by atoms with Crippen molar-refractivity contribution in [3.05, 3.63) is 87.5 Å². The number of benzene rings is 2. The topological polar surface area (TPSA) is 124 Å². The van der Waals surface area contributed by atoms with Gasteiger partial charge in [-0.3, -0.25) is 14.8 Å². The highest BCUT2D eigenvalue weighted by Crippen LogP contribution is 2.33. The van der Waals surface area contributed by atoms with Crippen molar-refractivity contribution >= 4 is 11.7 Å². The zero-order valence-corrected chi connectivity index (χ0v) is 19.0. The number of amides is 1. The van der Waals surface area contributed by atoms with E-state index in [9.17, 15) is 19.5 Å². The van der Waals surface area contributed by atoms with Gasteiger partial charge in [0.25, 0.3) is 5.91 Å². The van der Waals surface area contributed by atoms with Crippen LogP contribution in [0.3, 0.4) is 0 Å². The summed E-state index contributed by atoms with van der Waals surface area (Å²) in [4.78, 5) is 39.8. The van der Waals surface area contributed by atoms with E-state index in [1.165, 1.54) is 0 Å². The molecular formula is C25H29N3O5. The third kappa shape index (κ3) is 5.59. The van der Waals surface area contributed by atoms with E-state index in [0.717, 1.165) is 15.7 Å². The number of Topliss-reactive ketones (excluding diaryl/α,β-unsaturated/α-hetero) is 1. The first-order valence-electron chi connectivity index (χ1n) is 10.7. The van der Waals surface area contributed by atoms with Gasteiger partial charge in [0.2, 0.25) is 5.88 Å². The highest BCUT2D eigenvalue weighted by atomic mass is 16.5. The molecule has 0 radical (unpaired) electrons. The van der Waals surface area contributed by atoms with Gasteiger partial charge in [0.1, 0.15) is 6.04 Å². The monoisotopic (exact) mass is 451 g/mol. The van der Waals surface area contributed by atoms with Crippen molar-refractivity contribution in [1.82, 2.24) is 15.0 Å². The van der Waals surface area contributed by atoms with Crippen molar-refractivity contribution in [2.24, 2.45) is 5.41 Å². The molecule has 1 unspecified atom stereocenters. The maximum Gasteiger partial charge on any atom is 0.329 e. The number of H-pyrrole nitrogens is 1. The molecule has 1 amide bonds. The van der Waals surface area contributed by atoms with Crippen LogP contribution < -0.4 is 11.2 Å². The van der Waals surface area contributed by atoms with Gasteiger partial charge in [-0.15, -0.1) is 0 Å². The number of nitrogens with zero attached hydrogens (tertiary/aromatic N) is 1. The largest absolute Gasteiger partial charge is 0.493 e. The summed E-state index contributed by atoms with van der Waals surface area (Å²) >= 11 is 0. The number of hydrogen-bond donors (Lipinski definition) is 4. The Hall–Kier alpha value is -3.65. The van der Waals surface area contributed by atoms with Gasteiger partial charge in [0.05, 0.1) is 5.69 Å². The van der Waals surface area contributed by atoms with Crippen LogP contribution in [0, 0.1) is 5.41 Å². The minimum atomic E-state index is -1.10. The second-order valence-corrected chi connectivity index (χ2v) is 9.13. The summed E-state index contributed by atoms with van der Waals surface area (Å²) in [6.45, 7) is 5.18. The molecule has 0 fully saturated rings. The Morgan fingerprint density at radius 1 is 1.00 bits per heavy atom. The van der Waals surface area contributed by atoms with Gasteiger partial charge in [0, 0.05) is 12.0 Å². The number of aromatic nitrogens is 2. The Balaban J connectivity index is 1.71. The van der Waals surface area contributed by atoms with E-state index in [1.807, 2.05) is 42.5 Å². The van der Waals surface area contributed by atoms with Crippen LogP contribution in [0.25, 0.3) is 0 Å². The zero-order chi connectivity index (χ0) is 24.2. The fraction of sp³-hybridized carbons (Fsp3) is 0.320. The SMILES string of the molecule is CC(C)(C)C(C(=O)NO)n1c(O)c(CCc2ccc(C(=O)Cc3ccccc3)cc2)[nH]c1=O. The number of nitrogens with one attached hydrogen (secondary N) is 2. The third-order valence-corrected chi connectivity index (χ3v) is 5.56. The predicted molar refractivity (Wildman–Crippen MR) is 123 cm³/mol. The number of ketones is 1. The highest BCUT2D eigenvalue weighted by Gasteiger charge is 2.36. The van der Waals surface area contributed by atoms with Crippen molar-refractivity contribution in [3.63, 3.8) is 0 Å². The van der Waals surface area contributed by atoms with Crippen LogP contribution in [0.15, 0.2) is 59.4 Å². The fourth-order valence-corrected chi connectivity index (χ4v) is 3.87. The Bertz CT molecular complexity index is 1170. The molecule has 0 saturated heterocycles. The second-order valence-electron chi connectivity index (χ2n) is 9.13. The standard InChI is InChI=1S/C25H29N3O5/c1-25(2,3)21(22(30)27-33)28-23(31)19(26-24(28)32)14-11-16-9-12-18(13-10-16)20(29)15-17-7-5-4-6-8-17/h4-10,12-13,21,31,33H,11,14-15H2,1-3H3,(H,26,32)(H,27,30). The lowest BCUT2D eigenvalue weighted by Crippen LogP contribution is -2.41. The lowest BCUT2D eigenvalue weighted by atomic mass is 9.86. The molecule has 0 bridgehead atoms. The van der Waals surface area contributed by atoms with Gasteiger partial charge in [-0.1, -0.05) is 75.4 Å². The molecule has 0 spiro atoms. The lowest BCUT2D eigenvalue weighted by molar-refractivity contribution is -0.136. The first-order valence-corrected chi connectivity index (χ1v) is 10.7. The molecule has 1 heterocycles. The van der Waals surface area contributed by atoms with Crippen LogP contribution >= 0.6 is 0 Å². The van der Waals surface area contributed by atoms with Crippen LogP contribution in [0.5, 0.6) is 5.88 Å². The third-order valence-electron chi connectivity index (χ3n) is 5.56. The molecule has 3 rings (SSSR count). The van der Waals surface area contributed by atoms with Crippen LogP contribution in [-0.2, 0) is 24.1 Å². The molecule has 8 heteroatoms. The van der Waals surface area contributed by atoms with Gasteiger partial charge < -0.3 is 10.1 Å². The van der Waals surface area contributed by atoms with E-state index < -0.39 is 23.1 Å². The number of imidazole rings is 1. The first kappa shape index (κ1) is 24.0. The molecule has 0 aliphatic carbocycles. The molecule has 3 aromatic rings. The number of aryl methyl sites for hydroxylation is 2. The van der Waals surface area contributed by atoms with E-state index >= 15 is 0 Å². The number of carbonyl (C=O) groups is 2. The number of aromatic amines is 1. The average Bonchev–Trinajstić information content (AvgIpc) is 3.05. The van der Waals surface area contributed by atoms with Crippen molar-refractivity contribution in [2.75, 3.05) is 0 Å². The Morgan fingerprint density at radius 2 is 1.64 bits per heavy atom. The van der Waals surface area contributed by atoms with Crippen molar-refractivity contribution < 1.29 is 19.9 Å². The number of rotatable bonds is 8. The molecule has 33 heavy (non-hydrogen) atoms. The van der Waals surface area contributed by atoms with Gasteiger partial charge >= 0.3 is 5.69 Å². The van der Waals surface area contributed by atoms with Crippen molar-refractivity contribution in [2.45, 2.75) is 46.1 Å². The molecular weight excluding hydrogens is 422 g/mol. The Morgan fingerprint density at radius 3 is 2.21 bits per heavy atom. The van der Waals surface area contributed by atoms with Crippen LogP contribution in [-0.4, -0.2) is 31.6 Å². The van der Waals surface area contributed by atoms with E-state index in [0.29, 0.717) is 30.5 Å². The molecule has 4 N–H and O–H groups in total. The quantitative estimate of drug-likeness (QED) is 0.238. The molecule has 0 aliphatic rings. The number of hydrogen-bond acceptors (Lipinski definition) is 5. The Kier molecular flexibility index (Phi) is 7.18. The smallest absolute Gasteiger partial charge is 0.329 e. The van der Waals surface area contributed by atoms with E-state index in [4.69, 9.17) is 5.21 Å². The minimum Gasteiger partial charge on any atom is -0.493 e. The summed E-state index contributed by atoms with van der Waals surface area (Å²) < 4.78 is 0.965. The van der Waals surface area contributed by atoms with Crippen LogP contribution in [0.2, 0.25) is 0 Å². The molecule has 8 nitrogen and oxygen atoms in total. The highest BCUT2D eigenvalue weighted by molar-refractivity contribution is 5.97. The molecule has 1 atom stereocenters. The maximum absolute atomic E-state index is 12.5. The van der Waals surface area contributed by atoms with Gasteiger partial charge in [-0.2, -0.15) is 0 Å². The van der Waals surface area contributed by atoms with Gasteiger partial charge in [-0.25, -0.2) is 14.8 Å². The fourth-order valence-electron chi connectivity index (χ4n) is 3.87. The van der Waals surface area contributed by atoms with Crippen LogP contribution in [0.4, 0.5) is 0 Å². The van der Waals surface area contributed by atoms with E-state index in [2.05, 4.69) is 4.98 Å².